The predicted octanol–water partition coefficient (Wildman–Crippen LogP) is 6.22. The van der Waals surface area contributed by atoms with E-state index in [-0.39, 0.29) is 29.1 Å². The van der Waals surface area contributed by atoms with E-state index in [2.05, 4.69) is 5.32 Å². The van der Waals surface area contributed by atoms with Crippen LogP contribution in [0.4, 0.5) is 5.69 Å². The van der Waals surface area contributed by atoms with E-state index in [1.807, 2.05) is 27.7 Å². The molecule has 1 N–H and O–H groups in total. The van der Waals surface area contributed by atoms with Crippen molar-refractivity contribution in [2.45, 2.75) is 64.1 Å². The van der Waals surface area contributed by atoms with Gasteiger partial charge in [0.15, 0.2) is 0 Å². The number of nitrogens with zero attached hydrogens (tertiary/aromatic N) is 2. The van der Waals surface area contributed by atoms with Gasteiger partial charge in [-0.05, 0) is 74.2 Å². The molecular formula is C30H35Cl2N3O4S. The number of sulfonamides is 1. The lowest BCUT2D eigenvalue weighted by Crippen LogP contribution is -2.53. The Bertz CT molecular complexity index is 1420. The van der Waals surface area contributed by atoms with Gasteiger partial charge in [-0.3, -0.25) is 13.9 Å². The van der Waals surface area contributed by atoms with Crippen LogP contribution < -0.4 is 9.62 Å². The highest BCUT2D eigenvalue weighted by atomic mass is 35.5. The largest absolute Gasteiger partial charge is 0.352 e. The fraction of sp³-hybridized carbons (Fsp3) is 0.333. The molecule has 0 saturated carbocycles. The van der Waals surface area contributed by atoms with Crippen LogP contribution in [0.15, 0.2) is 77.7 Å². The third kappa shape index (κ3) is 7.77. The summed E-state index contributed by atoms with van der Waals surface area (Å²) in [6.45, 7) is 7.05. The van der Waals surface area contributed by atoms with E-state index in [4.69, 9.17) is 23.2 Å². The van der Waals surface area contributed by atoms with Crippen LogP contribution in [0, 0.1) is 6.92 Å². The molecule has 0 radical (unpaired) electrons. The summed E-state index contributed by atoms with van der Waals surface area (Å²) < 4.78 is 28.8. The lowest BCUT2D eigenvalue weighted by molar-refractivity contribution is -0.140. The number of hydrogen-bond donors (Lipinski definition) is 1. The molecule has 0 fully saturated rings. The van der Waals surface area contributed by atoms with Gasteiger partial charge in [-0.2, -0.15) is 0 Å². The van der Waals surface area contributed by atoms with Crippen molar-refractivity contribution in [3.63, 3.8) is 0 Å². The Kier molecular flexibility index (Phi) is 11.0. The number of amides is 2. The molecule has 0 aliphatic heterocycles. The fourth-order valence-corrected chi connectivity index (χ4v) is 5.86. The molecule has 7 nitrogen and oxygen atoms in total. The van der Waals surface area contributed by atoms with Crippen LogP contribution in [0.5, 0.6) is 0 Å². The van der Waals surface area contributed by atoms with Gasteiger partial charge in [-0.15, -0.1) is 0 Å². The molecule has 0 bridgehead atoms. The molecule has 0 spiro atoms. The van der Waals surface area contributed by atoms with Crippen LogP contribution in [-0.2, 0) is 26.2 Å². The normalized spacial score (nSPS) is 12.8. The topological polar surface area (TPSA) is 86.8 Å². The smallest absolute Gasteiger partial charge is 0.264 e. The number of anilines is 1. The zero-order valence-corrected chi connectivity index (χ0v) is 25.4. The number of carbonyl (C=O) groups excluding carboxylic acids is 2. The second kappa shape index (κ2) is 14.0. The van der Waals surface area contributed by atoms with E-state index in [0.717, 1.165) is 21.9 Å². The van der Waals surface area contributed by atoms with Crippen LogP contribution >= 0.6 is 23.2 Å². The average molecular weight is 605 g/mol. The van der Waals surface area contributed by atoms with Crippen molar-refractivity contribution in [2.75, 3.05) is 10.8 Å². The van der Waals surface area contributed by atoms with Gasteiger partial charge in [-0.1, -0.05) is 73.4 Å². The Morgan fingerprint density at radius 3 is 2.15 bits per heavy atom. The summed E-state index contributed by atoms with van der Waals surface area (Å²) in [5.74, 6) is -0.827. The van der Waals surface area contributed by atoms with Gasteiger partial charge in [0.25, 0.3) is 10.0 Å². The van der Waals surface area contributed by atoms with Crippen molar-refractivity contribution in [1.82, 2.24) is 10.2 Å². The van der Waals surface area contributed by atoms with Gasteiger partial charge < -0.3 is 10.2 Å². The summed E-state index contributed by atoms with van der Waals surface area (Å²) >= 11 is 12.4. The first kappa shape index (κ1) is 31.5. The SMILES string of the molecule is CC[C@H](C(=O)N[C@@H](C)CC)N(Cc1ccc(Cl)cc1)C(=O)CN(c1ccc(C)c(Cl)c1)S(=O)(=O)c1ccccc1. The van der Waals surface area contributed by atoms with E-state index in [0.29, 0.717) is 16.5 Å². The first-order valence-electron chi connectivity index (χ1n) is 13.2. The van der Waals surface area contributed by atoms with Crippen molar-refractivity contribution in [2.24, 2.45) is 0 Å². The molecular weight excluding hydrogens is 569 g/mol. The molecule has 3 aromatic carbocycles. The average Bonchev–Trinajstić information content (AvgIpc) is 2.94. The van der Waals surface area contributed by atoms with Crippen molar-refractivity contribution in [3.8, 4) is 0 Å². The molecule has 2 atom stereocenters. The maximum atomic E-state index is 14.1. The van der Waals surface area contributed by atoms with E-state index in [1.165, 1.54) is 23.1 Å². The van der Waals surface area contributed by atoms with Gasteiger partial charge >= 0.3 is 0 Å². The summed E-state index contributed by atoms with van der Waals surface area (Å²) in [5.41, 5.74) is 1.77. The molecule has 0 heterocycles. The Labute approximate surface area is 247 Å². The fourth-order valence-electron chi connectivity index (χ4n) is 4.13. The number of aryl methyl sites for hydroxylation is 1. The zero-order chi connectivity index (χ0) is 29.4. The van der Waals surface area contributed by atoms with Crippen LogP contribution in [-0.4, -0.2) is 43.8 Å². The molecule has 0 saturated heterocycles. The Morgan fingerprint density at radius 2 is 1.57 bits per heavy atom. The van der Waals surface area contributed by atoms with E-state index in [1.54, 1.807) is 54.6 Å². The molecule has 3 aromatic rings. The summed E-state index contributed by atoms with van der Waals surface area (Å²) in [7, 11) is -4.16. The number of nitrogens with one attached hydrogen (secondary N) is 1. The van der Waals surface area contributed by atoms with Crippen LogP contribution in [0.25, 0.3) is 0 Å². The second-order valence-electron chi connectivity index (χ2n) is 9.65. The Balaban J connectivity index is 2.06. The molecule has 214 valence electrons. The van der Waals surface area contributed by atoms with E-state index in [9.17, 15) is 18.0 Å². The molecule has 0 unspecified atom stereocenters. The number of rotatable bonds is 12. The third-order valence-electron chi connectivity index (χ3n) is 6.71. The van der Waals surface area contributed by atoms with Crippen LogP contribution in [0.2, 0.25) is 10.0 Å². The third-order valence-corrected chi connectivity index (χ3v) is 9.15. The van der Waals surface area contributed by atoms with Gasteiger partial charge in [0.05, 0.1) is 10.6 Å². The molecule has 0 aromatic heterocycles. The maximum absolute atomic E-state index is 14.1. The first-order chi connectivity index (χ1) is 19.0. The molecule has 2 amide bonds. The van der Waals surface area contributed by atoms with E-state index >= 15 is 0 Å². The molecule has 0 aliphatic carbocycles. The number of benzene rings is 3. The van der Waals surface area contributed by atoms with Gasteiger partial charge in [-0.25, -0.2) is 8.42 Å². The molecule has 3 rings (SSSR count). The highest BCUT2D eigenvalue weighted by Gasteiger charge is 2.34. The van der Waals surface area contributed by atoms with Crippen molar-refractivity contribution < 1.29 is 18.0 Å². The summed E-state index contributed by atoms with van der Waals surface area (Å²) in [6, 6.07) is 18.8. The first-order valence-corrected chi connectivity index (χ1v) is 15.4. The predicted molar refractivity (Wildman–Crippen MR) is 161 cm³/mol. The number of halogens is 2. The van der Waals surface area contributed by atoms with E-state index < -0.39 is 28.5 Å². The summed E-state index contributed by atoms with van der Waals surface area (Å²) in [5, 5.41) is 3.87. The minimum atomic E-state index is -4.16. The number of hydrogen-bond acceptors (Lipinski definition) is 4. The number of carbonyl (C=O) groups is 2. The lowest BCUT2D eigenvalue weighted by Gasteiger charge is -2.33. The van der Waals surface area contributed by atoms with Gasteiger partial charge in [0.1, 0.15) is 12.6 Å². The maximum Gasteiger partial charge on any atom is 0.264 e. The van der Waals surface area contributed by atoms with Crippen molar-refractivity contribution in [1.29, 1.82) is 0 Å². The highest BCUT2D eigenvalue weighted by Crippen LogP contribution is 2.28. The zero-order valence-electron chi connectivity index (χ0n) is 23.1. The molecule has 10 heteroatoms. The van der Waals surface area contributed by atoms with Gasteiger partial charge in [0.2, 0.25) is 11.8 Å². The summed E-state index contributed by atoms with van der Waals surface area (Å²) in [6.07, 6.45) is 1.06. The second-order valence-corrected chi connectivity index (χ2v) is 12.4. The van der Waals surface area contributed by atoms with Crippen molar-refractivity contribution >= 4 is 50.7 Å². The van der Waals surface area contributed by atoms with Crippen LogP contribution in [0.1, 0.15) is 44.7 Å². The Morgan fingerprint density at radius 1 is 0.925 bits per heavy atom. The monoisotopic (exact) mass is 603 g/mol. The van der Waals surface area contributed by atoms with Crippen LogP contribution in [0.3, 0.4) is 0 Å². The standard InChI is InChI=1S/C30H35Cl2N3O4S/c1-5-22(4)33-30(37)28(6-2)34(19-23-13-15-24(31)16-14-23)29(36)20-35(25-17-12-21(3)27(32)18-25)40(38,39)26-10-8-7-9-11-26/h7-18,22,28H,5-6,19-20H2,1-4H3,(H,33,37)/t22-,28+/m0/s1. The molecule has 40 heavy (non-hydrogen) atoms. The minimum Gasteiger partial charge on any atom is -0.352 e. The quantitative estimate of drug-likeness (QED) is 0.266. The minimum absolute atomic E-state index is 0.0327. The lowest BCUT2D eigenvalue weighted by atomic mass is 10.1. The van der Waals surface area contributed by atoms with Gasteiger partial charge in [0, 0.05) is 22.6 Å². The highest BCUT2D eigenvalue weighted by molar-refractivity contribution is 7.92. The molecule has 0 aliphatic rings. The summed E-state index contributed by atoms with van der Waals surface area (Å²) in [4.78, 5) is 28.9. The van der Waals surface area contributed by atoms with Crippen molar-refractivity contribution in [3.05, 3.63) is 94.0 Å². The Hall–Kier alpha value is -3.07.